The molecule has 2 aliphatic heterocycles. The van der Waals surface area contributed by atoms with E-state index in [0.29, 0.717) is 0 Å². The molecule has 0 aromatic heterocycles. The summed E-state index contributed by atoms with van der Waals surface area (Å²) in [5.74, 6) is 0.946. The van der Waals surface area contributed by atoms with Gasteiger partial charge in [-0.2, -0.15) is 0 Å². The van der Waals surface area contributed by atoms with E-state index >= 15 is 0 Å². The van der Waals surface area contributed by atoms with Gasteiger partial charge in [-0.1, -0.05) is 0 Å². The van der Waals surface area contributed by atoms with Crippen LogP contribution >= 0.6 is 0 Å². The molecule has 8 nitrogen and oxygen atoms in total. The number of hydrogen-bond acceptors (Lipinski definition) is 4. The molecular formula is C20H38N6O2. The second kappa shape index (κ2) is 10.1. The van der Waals surface area contributed by atoms with Crippen LogP contribution in [0.1, 0.15) is 47.5 Å². The molecule has 2 saturated heterocycles. The molecule has 28 heavy (non-hydrogen) atoms. The number of piperazine rings is 1. The summed E-state index contributed by atoms with van der Waals surface area (Å²) in [7, 11) is 0. The van der Waals surface area contributed by atoms with E-state index in [1.54, 1.807) is 0 Å². The highest BCUT2D eigenvalue weighted by Crippen LogP contribution is 2.14. The Kier molecular flexibility index (Phi) is 8.10. The second-order valence-electron chi connectivity index (χ2n) is 8.70. The second-order valence-corrected chi connectivity index (χ2v) is 8.70. The Morgan fingerprint density at radius 2 is 1.61 bits per heavy atom. The lowest BCUT2D eigenvalue weighted by Gasteiger charge is -2.39. The van der Waals surface area contributed by atoms with Gasteiger partial charge in [0.2, 0.25) is 11.8 Å². The maximum Gasteiger partial charge on any atom is 0.242 e. The normalized spacial score (nSPS) is 20.2. The summed E-state index contributed by atoms with van der Waals surface area (Å²) in [5, 5.41) is 6.22. The molecular weight excluding hydrogens is 356 g/mol. The first kappa shape index (κ1) is 22.5. The lowest BCUT2D eigenvalue weighted by Crippen LogP contribution is -2.57. The highest BCUT2D eigenvalue weighted by Gasteiger charge is 2.30. The summed E-state index contributed by atoms with van der Waals surface area (Å²) in [6.07, 6.45) is 2.25. The van der Waals surface area contributed by atoms with Gasteiger partial charge < -0.3 is 20.4 Å². The topological polar surface area (TPSA) is 80.3 Å². The first-order valence-electron chi connectivity index (χ1n) is 10.6. The zero-order valence-corrected chi connectivity index (χ0v) is 18.3. The van der Waals surface area contributed by atoms with Gasteiger partial charge in [0.1, 0.15) is 6.54 Å². The summed E-state index contributed by atoms with van der Waals surface area (Å²) in [6.45, 7) is 15.8. The molecule has 2 amide bonds. The third kappa shape index (κ3) is 6.65. The number of amides is 2. The van der Waals surface area contributed by atoms with Crippen molar-refractivity contribution in [3.8, 4) is 0 Å². The van der Waals surface area contributed by atoms with E-state index in [0.717, 1.165) is 64.6 Å². The number of hydrogen-bond donors (Lipinski definition) is 2. The van der Waals surface area contributed by atoms with Crippen molar-refractivity contribution in [2.75, 3.05) is 52.4 Å². The zero-order chi connectivity index (χ0) is 20.7. The molecule has 2 heterocycles. The van der Waals surface area contributed by atoms with Crippen molar-refractivity contribution < 1.29 is 9.59 Å². The fourth-order valence-corrected chi connectivity index (χ4v) is 3.71. The molecule has 0 bridgehead atoms. The molecule has 0 saturated carbocycles. The summed E-state index contributed by atoms with van der Waals surface area (Å²) >= 11 is 0. The van der Waals surface area contributed by atoms with Crippen molar-refractivity contribution in [3.05, 3.63) is 0 Å². The molecule has 0 spiro atoms. The lowest BCUT2D eigenvalue weighted by molar-refractivity contribution is -0.135. The van der Waals surface area contributed by atoms with Gasteiger partial charge in [0.05, 0.1) is 6.04 Å². The first-order valence-corrected chi connectivity index (χ1v) is 10.6. The predicted molar refractivity (Wildman–Crippen MR) is 112 cm³/mol. The van der Waals surface area contributed by atoms with Crippen molar-refractivity contribution in [1.82, 2.24) is 25.3 Å². The van der Waals surface area contributed by atoms with Crippen molar-refractivity contribution in [3.63, 3.8) is 0 Å². The first-order chi connectivity index (χ1) is 13.2. The third-order valence-corrected chi connectivity index (χ3v) is 5.16. The van der Waals surface area contributed by atoms with E-state index in [1.165, 1.54) is 0 Å². The highest BCUT2D eigenvalue weighted by molar-refractivity contribution is 5.85. The van der Waals surface area contributed by atoms with Crippen molar-refractivity contribution >= 4 is 17.8 Å². The molecule has 0 aliphatic carbocycles. The van der Waals surface area contributed by atoms with E-state index in [1.807, 2.05) is 39.5 Å². The molecule has 2 fully saturated rings. The van der Waals surface area contributed by atoms with Crippen molar-refractivity contribution in [2.45, 2.75) is 59.0 Å². The largest absolute Gasteiger partial charge is 0.357 e. The van der Waals surface area contributed by atoms with Gasteiger partial charge in [0, 0.05) is 51.4 Å². The molecule has 2 N–H and O–H groups in total. The van der Waals surface area contributed by atoms with Crippen LogP contribution in [0.15, 0.2) is 4.99 Å². The molecule has 8 heteroatoms. The van der Waals surface area contributed by atoms with Crippen LogP contribution in [-0.2, 0) is 9.59 Å². The standard InChI is InChI=1S/C20H38N6O2/c1-6-21-19(22-15-17(27)23-20(3,4)5)26-13-11-24(12-14-26)16(2)18(28)25-9-7-8-10-25/h16H,6-15H2,1-5H3,(H,21,22)(H,23,27). The number of guanidine groups is 1. The molecule has 2 aliphatic rings. The average Bonchev–Trinajstić information content (AvgIpc) is 3.17. The monoisotopic (exact) mass is 394 g/mol. The van der Waals surface area contributed by atoms with Gasteiger partial charge in [-0.25, -0.2) is 4.99 Å². The summed E-state index contributed by atoms with van der Waals surface area (Å²) in [6, 6.07) is -0.0719. The summed E-state index contributed by atoms with van der Waals surface area (Å²) < 4.78 is 0. The van der Waals surface area contributed by atoms with Crippen LogP contribution in [0.3, 0.4) is 0 Å². The Labute approximate surface area is 169 Å². The maximum absolute atomic E-state index is 12.6. The van der Waals surface area contributed by atoms with E-state index in [4.69, 9.17) is 0 Å². The van der Waals surface area contributed by atoms with Crippen LogP contribution in [0.5, 0.6) is 0 Å². The Morgan fingerprint density at radius 1 is 1.00 bits per heavy atom. The Hall–Kier alpha value is -1.83. The van der Waals surface area contributed by atoms with Crippen LogP contribution in [0.4, 0.5) is 0 Å². The highest BCUT2D eigenvalue weighted by atomic mass is 16.2. The number of carbonyl (C=O) groups is 2. The van der Waals surface area contributed by atoms with Crippen LogP contribution in [-0.4, -0.2) is 96.4 Å². The van der Waals surface area contributed by atoms with Gasteiger partial charge in [-0.3, -0.25) is 14.5 Å². The SMILES string of the molecule is CCNC(=NCC(=O)NC(C)(C)C)N1CCN(C(C)C(=O)N2CCCC2)CC1. The minimum Gasteiger partial charge on any atom is -0.357 e. The zero-order valence-electron chi connectivity index (χ0n) is 18.3. The minimum atomic E-state index is -0.255. The maximum atomic E-state index is 12.6. The van der Waals surface area contributed by atoms with Crippen LogP contribution in [0.2, 0.25) is 0 Å². The van der Waals surface area contributed by atoms with Gasteiger partial charge in [-0.05, 0) is 47.5 Å². The predicted octanol–water partition coefficient (Wildman–Crippen LogP) is 0.495. The molecule has 0 aromatic carbocycles. The fraction of sp³-hybridized carbons (Fsp3) is 0.850. The van der Waals surface area contributed by atoms with Crippen LogP contribution in [0, 0.1) is 0 Å². The van der Waals surface area contributed by atoms with Crippen LogP contribution in [0.25, 0.3) is 0 Å². The smallest absolute Gasteiger partial charge is 0.242 e. The summed E-state index contributed by atoms with van der Waals surface area (Å²) in [4.78, 5) is 35.7. The number of nitrogens with one attached hydrogen (secondary N) is 2. The number of likely N-dealkylation sites (tertiary alicyclic amines) is 1. The van der Waals surface area contributed by atoms with E-state index in [9.17, 15) is 9.59 Å². The Balaban J connectivity index is 1.88. The Bertz CT molecular complexity index is 558. The van der Waals surface area contributed by atoms with Gasteiger partial charge in [-0.15, -0.1) is 0 Å². The third-order valence-electron chi connectivity index (χ3n) is 5.16. The lowest BCUT2D eigenvalue weighted by atomic mass is 10.1. The quantitative estimate of drug-likeness (QED) is 0.524. The minimum absolute atomic E-state index is 0.0719. The number of rotatable bonds is 5. The molecule has 1 unspecified atom stereocenters. The van der Waals surface area contributed by atoms with Crippen molar-refractivity contribution in [1.29, 1.82) is 0 Å². The van der Waals surface area contributed by atoms with E-state index < -0.39 is 0 Å². The van der Waals surface area contributed by atoms with E-state index in [2.05, 4.69) is 25.4 Å². The van der Waals surface area contributed by atoms with Gasteiger partial charge >= 0.3 is 0 Å². The molecule has 0 aromatic rings. The molecule has 160 valence electrons. The van der Waals surface area contributed by atoms with Gasteiger partial charge in [0.15, 0.2) is 5.96 Å². The average molecular weight is 395 g/mol. The Morgan fingerprint density at radius 3 is 2.14 bits per heavy atom. The summed E-state index contributed by atoms with van der Waals surface area (Å²) in [5.41, 5.74) is -0.255. The fourth-order valence-electron chi connectivity index (χ4n) is 3.71. The number of carbonyl (C=O) groups excluding carboxylic acids is 2. The molecule has 1 atom stereocenters. The van der Waals surface area contributed by atoms with E-state index in [-0.39, 0.29) is 29.9 Å². The number of aliphatic imine (C=N–C) groups is 1. The van der Waals surface area contributed by atoms with Crippen molar-refractivity contribution in [2.24, 2.45) is 4.99 Å². The molecule has 0 radical (unpaired) electrons. The molecule has 2 rings (SSSR count). The number of nitrogens with zero attached hydrogens (tertiary/aromatic N) is 4. The van der Waals surface area contributed by atoms with Crippen LogP contribution < -0.4 is 10.6 Å². The van der Waals surface area contributed by atoms with Gasteiger partial charge in [0.25, 0.3) is 0 Å².